The lowest BCUT2D eigenvalue weighted by molar-refractivity contribution is 0.461. The molecule has 0 radical (unpaired) electrons. The number of aromatic nitrogens is 3. The van der Waals surface area contributed by atoms with Crippen LogP contribution in [0.25, 0.3) is 22.6 Å². The molecule has 146 valence electrons. The largest absolute Gasteiger partial charge is 0.508 e. The van der Waals surface area contributed by atoms with Crippen molar-refractivity contribution >= 4 is 22.6 Å². The van der Waals surface area contributed by atoms with Gasteiger partial charge in [-0.15, -0.1) is 0 Å². The van der Waals surface area contributed by atoms with Gasteiger partial charge in [-0.2, -0.15) is 0 Å². The number of hydrogen-bond donors (Lipinski definition) is 1. The normalized spacial score (nSPS) is 12.2. The minimum atomic E-state index is -0.339. The quantitative estimate of drug-likeness (QED) is 0.389. The number of pyridine rings is 1. The average molecular weight is 412 g/mol. The Morgan fingerprint density at radius 2 is 1.60 bits per heavy atom. The van der Waals surface area contributed by atoms with E-state index in [0.29, 0.717) is 10.6 Å². The first-order chi connectivity index (χ1) is 14.7. The highest BCUT2D eigenvalue weighted by Gasteiger charge is 2.26. The molecule has 1 N–H and O–H groups in total. The van der Waals surface area contributed by atoms with Crippen LogP contribution in [0.5, 0.6) is 5.75 Å². The number of para-hydroxylation sites is 2. The van der Waals surface area contributed by atoms with Crippen LogP contribution in [0.15, 0.2) is 97.2 Å². The molecule has 0 aliphatic rings. The summed E-state index contributed by atoms with van der Waals surface area (Å²) in [6.07, 6.45) is 1.76. The van der Waals surface area contributed by atoms with Crippen molar-refractivity contribution in [1.29, 1.82) is 0 Å². The molecule has 0 aliphatic carbocycles. The molecule has 2 heterocycles. The van der Waals surface area contributed by atoms with Crippen LogP contribution in [0.2, 0.25) is 5.02 Å². The third-order valence-corrected chi connectivity index (χ3v) is 5.38. The molecular weight excluding hydrogens is 394 g/mol. The lowest BCUT2D eigenvalue weighted by atomic mass is 9.97. The number of halogens is 1. The fourth-order valence-corrected chi connectivity index (χ4v) is 4.01. The molecule has 0 bridgehead atoms. The molecule has 1 unspecified atom stereocenters. The number of fused-ring (bicyclic) bond motifs is 1. The van der Waals surface area contributed by atoms with Crippen LogP contribution < -0.4 is 0 Å². The first-order valence-electron chi connectivity index (χ1n) is 9.64. The summed E-state index contributed by atoms with van der Waals surface area (Å²) in [5.74, 6) is 0.906. The monoisotopic (exact) mass is 411 g/mol. The highest BCUT2D eigenvalue weighted by atomic mass is 35.5. The minimum absolute atomic E-state index is 0.179. The van der Waals surface area contributed by atoms with Gasteiger partial charge in [-0.25, -0.2) is 4.98 Å². The van der Waals surface area contributed by atoms with E-state index in [9.17, 15) is 5.11 Å². The van der Waals surface area contributed by atoms with E-state index in [-0.39, 0.29) is 11.8 Å². The number of aromatic hydroxyl groups is 1. The van der Waals surface area contributed by atoms with Crippen molar-refractivity contribution in [2.24, 2.45) is 0 Å². The minimum Gasteiger partial charge on any atom is -0.508 e. The zero-order valence-electron chi connectivity index (χ0n) is 16.0. The molecule has 4 nitrogen and oxygen atoms in total. The van der Waals surface area contributed by atoms with E-state index in [1.165, 1.54) is 0 Å². The number of benzene rings is 3. The van der Waals surface area contributed by atoms with Crippen LogP contribution in [0.1, 0.15) is 17.2 Å². The molecule has 1 atom stereocenters. The van der Waals surface area contributed by atoms with Crippen LogP contribution >= 0.6 is 11.6 Å². The molecule has 0 saturated heterocycles. The van der Waals surface area contributed by atoms with Crippen molar-refractivity contribution in [1.82, 2.24) is 14.5 Å². The Bertz CT molecular complexity index is 1320. The second-order valence-electron chi connectivity index (χ2n) is 7.03. The molecular formula is C25H18ClN3O. The lowest BCUT2D eigenvalue weighted by Gasteiger charge is -2.24. The number of hydrogen-bond acceptors (Lipinski definition) is 3. The van der Waals surface area contributed by atoms with Gasteiger partial charge in [0, 0.05) is 16.8 Å². The van der Waals surface area contributed by atoms with Gasteiger partial charge in [0.05, 0.1) is 17.1 Å². The first-order valence-corrected chi connectivity index (χ1v) is 10.0. The Morgan fingerprint density at radius 3 is 2.40 bits per heavy atom. The summed E-state index contributed by atoms with van der Waals surface area (Å²) in [6, 6.07) is 28.6. The number of phenolic OH excluding ortho intramolecular Hbond substituents is 1. The van der Waals surface area contributed by atoms with E-state index >= 15 is 0 Å². The molecule has 30 heavy (non-hydrogen) atoms. The summed E-state index contributed by atoms with van der Waals surface area (Å²) in [7, 11) is 0. The predicted octanol–water partition coefficient (Wildman–Crippen LogP) is 6.10. The molecule has 5 aromatic rings. The van der Waals surface area contributed by atoms with E-state index in [1.54, 1.807) is 18.3 Å². The van der Waals surface area contributed by atoms with Gasteiger partial charge < -0.3 is 9.67 Å². The fraction of sp³-hybridized carbons (Fsp3) is 0.0400. The second kappa shape index (κ2) is 7.65. The molecule has 0 spiro atoms. The Kier molecular flexibility index (Phi) is 4.69. The molecule has 0 fully saturated rings. The lowest BCUT2D eigenvalue weighted by Crippen LogP contribution is -2.14. The van der Waals surface area contributed by atoms with Gasteiger partial charge in [-0.05, 0) is 48.0 Å². The van der Waals surface area contributed by atoms with Crippen molar-refractivity contribution < 1.29 is 5.11 Å². The molecule has 5 rings (SSSR count). The zero-order chi connectivity index (χ0) is 20.5. The van der Waals surface area contributed by atoms with Crippen LogP contribution in [0.4, 0.5) is 0 Å². The summed E-state index contributed by atoms with van der Waals surface area (Å²) in [5.41, 5.74) is 4.28. The number of nitrogens with zero attached hydrogens (tertiary/aromatic N) is 3. The Labute approximate surface area is 179 Å². The Hall–Kier alpha value is -3.63. The second-order valence-corrected chi connectivity index (χ2v) is 7.46. The SMILES string of the molecule is Oc1ccc(Cl)cc1C(c1ccccc1)n1c(-c2ccccn2)nc2ccccc21. The first kappa shape index (κ1) is 18.4. The fourth-order valence-electron chi connectivity index (χ4n) is 3.83. The summed E-state index contributed by atoms with van der Waals surface area (Å²) in [4.78, 5) is 9.44. The highest BCUT2D eigenvalue weighted by molar-refractivity contribution is 6.30. The summed E-state index contributed by atoms with van der Waals surface area (Å²) in [5, 5.41) is 11.4. The van der Waals surface area contributed by atoms with Crippen molar-refractivity contribution in [2.45, 2.75) is 6.04 Å². The molecule has 0 amide bonds. The van der Waals surface area contributed by atoms with Gasteiger partial charge in [-0.3, -0.25) is 4.98 Å². The van der Waals surface area contributed by atoms with E-state index in [2.05, 4.69) is 9.55 Å². The zero-order valence-corrected chi connectivity index (χ0v) is 16.7. The van der Waals surface area contributed by atoms with Crippen molar-refractivity contribution in [3.8, 4) is 17.3 Å². The van der Waals surface area contributed by atoms with Crippen LogP contribution in [0.3, 0.4) is 0 Å². The summed E-state index contributed by atoms with van der Waals surface area (Å²) < 4.78 is 2.12. The highest BCUT2D eigenvalue weighted by Crippen LogP contribution is 2.39. The van der Waals surface area contributed by atoms with Crippen LogP contribution in [0, 0.1) is 0 Å². The maximum atomic E-state index is 10.8. The summed E-state index contributed by atoms with van der Waals surface area (Å²) in [6.45, 7) is 0. The standard InChI is InChI=1S/C25H18ClN3O/c26-18-13-14-23(30)19(16-18)24(17-8-2-1-3-9-17)29-22-12-5-4-10-20(22)28-25(29)21-11-6-7-15-27-21/h1-16,24,30H. The van der Waals surface area contributed by atoms with Gasteiger partial charge >= 0.3 is 0 Å². The van der Waals surface area contributed by atoms with E-state index in [1.807, 2.05) is 78.9 Å². The van der Waals surface area contributed by atoms with Crippen molar-refractivity contribution in [3.05, 3.63) is 113 Å². The van der Waals surface area contributed by atoms with E-state index in [4.69, 9.17) is 16.6 Å². The number of rotatable bonds is 4. The number of imidazole rings is 1. The third-order valence-electron chi connectivity index (χ3n) is 5.15. The van der Waals surface area contributed by atoms with Gasteiger partial charge in [0.15, 0.2) is 5.82 Å². The topological polar surface area (TPSA) is 50.9 Å². The maximum Gasteiger partial charge on any atom is 0.160 e. The molecule has 3 aromatic carbocycles. The van der Waals surface area contributed by atoms with E-state index < -0.39 is 0 Å². The molecule has 0 aliphatic heterocycles. The molecule has 2 aromatic heterocycles. The van der Waals surface area contributed by atoms with E-state index in [0.717, 1.165) is 28.1 Å². The molecule has 0 saturated carbocycles. The van der Waals surface area contributed by atoms with Gasteiger partial charge in [0.25, 0.3) is 0 Å². The smallest absolute Gasteiger partial charge is 0.160 e. The van der Waals surface area contributed by atoms with Crippen molar-refractivity contribution in [3.63, 3.8) is 0 Å². The number of phenols is 1. The average Bonchev–Trinajstić information content (AvgIpc) is 3.17. The predicted molar refractivity (Wildman–Crippen MR) is 120 cm³/mol. The van der Waals surface area contributed by atoms with Gasteiger partial charge in [-0.1, -0.05) is 60.1 Å². The maximum absolute atomic E-state index is 10.8. The van der Waals surface area contributed by atoms with Crippen molar-refractivity contribution in [2.75, 3.05) is 0 Å². The Morgan fingerprint density at radius 1 is 0.833 bits per heavy atom. The van der Waals surface area contributed by atoms with Gasteiger partial charge in [0.2, 0.25) is 0 Å². The van der Waals surface area contributed by atoms with Crippen LogP contribution in [-0.4, -0.2) is 19.6 Å². The Balaban J connectivity index is 1.87. The third kappa shape index (κ3) is 3.21. The summed E-state index contributed by atoms with van der Waals surface area (Å²) >= 11 is 6.34. The van der Waals surface area contributed by atoms with Crippen LogP contribution in [-0.2, 0) is 0 Å². The van der Waals surface area contributed by atoms with Gasteiger partial charge in [0.1, 0.15) is 11.4 Å². The molecule has 5 heteroatoms.